The molecule has 25 heavy (non-hydrogen) atoms. The summed E-state index contributed by atoms with van der Waals surface area (Å²) < 4.78 is 5.29. The number of benzene rings is 1. The number of fused-ring (bicyclic) bond motifs is 1. The van der Waals surface area contributed by atoms with E-state index in [2.05, 4.69) is 11.1 Å². The smallest absolute Gasteiger partial charge is 0.303 e. The lowest BCUT2D eigenvalue weighted by Crippen LogP contribution is -2.20. The maximum Gasteiger partial charge on any atom is 0.303 e. The summed E-state index contributed by atoms with van der Waals surface area (Å²) in [5, 5.41) is 18.7. The Bertz CT molecular complexity index is 871. The van der Waals surface area contributed by atoms with E-state index in [1.54, 1.807) is 7.11 Å². The molecule has 1 aromatic carbocycles. The van der Waals surface area contributed by atoms with E-state index in [0.717, 1.165) is 28.8 Å². The van der Waals surface area contributed by atoms with Gasteiger partial charge in [-0.25, -0.2) is 4.98 Å². The Morgan fingerprint density at radius 1 is 1.52 bits per heavy atom. The molecular formula is C19H19N3O3. The molecule has 1 heterocycles. The maximum atomic E-state index is 11.1. The highest BCUT2D eigenvalue weighted by Gasteiger charge is 2.27. The third-order valence-electron chi connectivity index (χ3n) is 4.63. The first-order valence-corrected chi connectivity index (χ1v) is 8.11. The van der Waals surface area contributed by atoms with E-state index < -0.39 is 5.97 Å². The number of hydrogen-bond acceptors (Lipinski definition) is 5. The van der Waals surface area contributed by atoms with Crippen LogP contribution in [0.25, 0.3) is 11.1 Å². The topological polar surface area (TPSA) is 109 Å². The molecule has 0 spiro atoms. The summed E-state index contributed by atoms with van der Waals surface area (Å²) in [5.74, 6) is 0.130. The number of carboxylic acids is 1. The summed E-state index contributed by atoms with van der Waals surface area (Å²) in [6.07, 6.45) is 2.12. The van der Waals surface area contributed by atoms with Gasteiger partial charge in [-0.15, -0.1) is 0 Å². The van der Waals surface area contributed by atoms with Crippen LogP contribution in [0.2, 0.25) is 0 Å². The highest BCUT2D eigenvalue weighted by molar-refractivity contribution is 5.80. The Morgan fingerprint density at radius 3 is 3.00 bits per heavy atom. The number of rotatable bonds is 4. The molecule has 128 valence electrons. The van der Waals surface area contributed by atoms with Gasteiger partial charge >= 0.3 is 5.97 Å². The fourth-order valence-corrected chi connectivity index (χ4v) is 3.48. The molecule has 2 aromatic rings. The second-order valence-corrected chi connectivity index (χ2v) is 6.22. The monoisotopic (exact) mass is 337 g/mol. The van der Waals surface area contributed by atoms with Crippen molar-refractivity contribution in [3.8, 4) is 22.9 Å². The minimum absolute atomic E-state index is 0.0336. The van der Waals surface area contributed by atoms with Crippen LogP contribution < -0.4 is 10.5 Å². The average molecular weight is 337 g/mol. The van der Waals surface area contributed by atoms with Gasteiger partial charge in [-0.05, 0) is 48.4 Å². The number of aliphatic carboxylic acids is 1. The molecule has 6 nitrogen and oxygen atoms in total. The van der Waals surface area contributed by atoms with Gasteiger partial charge in [0.25, 0.3) is 0 Å². The Kier molecular flexibility index (Phi) is 4.57. The van der Waals surface area contributed by atoms with Crippen molar-refractivity contribution in [2.75, 3.05) is 12.8 Å². The molecule has 1 aliphatic carbocycles. The van der Waals surface area contributed by atoms with Gasteiger partial charge in [0.2, 0.25) is 0 Å². The van der Waals surface area contributed by atoms with Crippen molar-refractivity contribution in [1.29, 1.82) is 5.26 Å². The van der Waals surface area contributed by atoms with Crippen LogP contribution in [-0.2, 0) is 17.6 Å². The van der Waals surface area contributed by atoms with Crippen LogP contribution in [-0.4, -0.2) is 23.2 Å². The van der Waals surface area contributed by atoms with Crippen LogP contribution in [0, 0.1) is 17.2 Å². The van der Waals surface area contributed by atoms with E-state index in [4.69, 9.17) is 15.6 Å². The second kappa shape index (κ2) is 6.81. The van der Waals surface area contributed by atoms with Gasteiger partial charge in [-0.1, -0.05) is 12.1 Å². The van der Waals surface area contributed by atoms with Crippen molar-refractivity contribution in [2.24, 2.45) is 5.92 Å². The van der Waals surface area contributed by atoms with Crippen LogP contribution >= 0.6 is 0 Å². The third-order valence-corrected chi connectivity index (χ3v) is 4.63. The molecule has 0 saturated heterocycles. The zero-order chi connectivity index (χ0) is 18.0. The predicted octanol–water partition coefficient (Wildman–Crippen LogP) is 2.79. The Labute approximate surface area is 145 Å². The zero-order valence-electron chi connectivity index (χ0n) is 14.0. The maximum absolute atomic E-state index is 11.1. The number of ether oxygens (including phenoxy) is 1. The minimum Gasteiger partial charge on any atom is -0.497 e. The fraction of sp³-hybridized carbons (Fsp3) is 0.316. The lowest BCUT2D eigenvalue weighted by Gasteiger charge is -2.26. The number of nitrogens with zero attached hydrogens (tertiary/aromatic N) is 2. The van der Waals surface area contributed by atoms with Crippen LogP contribution in [0.4, 0.5) is 5.82 Å². The van der Waals surface area contributed by atoms with E-state index in [0.29, 0.717) is 24.2 Å². The number of methoxy groups -OCH3 is 1. The zero-order valence-corrected chi connectivity index (χ0v) is 14.0. The van der Waals surface area contributed by atoms with Gasteiger partial charge < -0.3 is 15.6 Å². The van der Waals surface area contributed by atoms with Gasteiger partial charge in [-0.3, -0.25) is 4.79 Å². The molecule has 6 heteroatoms. The van der Waals surface area contributed by atoms with E-state index >= 15 is 0 Å². The van der Waals surface area contributed by atoms with Gasteiger partial charge in [0.1, 0.15) is 23.2 Å². The number of nitrogen functional groups attached to an aromatic ring is 1. The standard InChI is InChI=1S/C19H19N3O3/c1-25-13-4-2-3-12(9-13)18-14-7-11(8-17(23)24)5-6-16(14)22-19(21)15(18)10-20/h2-4,9,11H,5-8H2,1H3,(H2,21,22)(H,23,24). The van der Waals surface area contributed by atoms with Crippen LogP contribution in [0.3, 0.4) is 0 Å². The Morgan fingerprint density at radius 2 is 2.32 bits per heavy atom. The predicted molar refractivity (Wildman–Crippen MR) is 93.1 cm³/mol. The van der Waals surface area contributed by atoms with Crippen molar-refractivity contribution >= 4 is 11.8 Å². The first-order chi connectivity index (χ1) is 12.0. The van der Waals surface area contributed by atoms with Gasteiger partial charge in [0.15, 0.2) is 0 Å². The Balaban J connectivity index is 2.17. The van der Waals surface area contributed by atoms with Crippen molar-refractivity contribution < 1.29 is 14.6 Å². The van der Waals surface area contributed by atoms with Crippen LogP contribution in [0.15, 0.2) is 24.3 Å². The summed E-state index contributed by atoms with van der Waals surface area (Å²) in [6, 6.07) is 9.61. The highest BCUT2D eigenvalue weighted by atomic mass is 16.5. The number of aromatic nitrogens is 1. The highest BCUT2D eigenvalue weighted by Crippen LogP contribution is 2.38. The van der Waals surface area contributed by atoms with E-state index in [1.807, 2.05) is 24.3 Å². The van der Waals surface area contributed by atoms with Crippen molar-refractivity contribution in [3.05, 3.63) is 41.1 Å². The van der Waals surface area contributed by atoms with E-state index in [-0.39, 0.29) is 18.2 Å². The fourth-order valence-electron chi connectivity index (χ4n) is 3.48. The van der Waals surface area contributed by atoms with Crippen molar-refractivity contribution in [2.45, 2.75) is 25.7 Å². The molecule has 0 fully saturated rings. The van der Waals surface area contributed by atoms with Crippen LogP contribution in [0.5, 0.6) is 5.75 Å². The van der Waals surface area contributed by atoms with E-state index in [9.17, 15) is 10.1 Å². The largest absolute Gasteiger partial charge is 0.497 e. The summed E-state index contributed by atoms with van der Waals surface area (Å²) in [6.45, 7) is 0. The number of nitriles is 1. The molecule has 0 saturated carbocycles. The molecular weight excluding hydrogens is 318 g/mol. The molecule has 1 unspecified atom stereocenters. The van der Waals surface area contributed by atoms with Crippen molar-refractivity contribution in [1.82, 2.24) is 4.98 Å². The molecule has 1 atom stereocenters. The molecule has 0 aliphatic heterocycles. The molecule has 1 aromatic heterocycles. The number of nitrogens with two attached hydrogens (primary N) is 1. The molecule has 0 radical (unpaired) electrons. The average Bonchev–Trinajstić information content (AvgIpc) is 2.60. The van der Waals surface area contributed by atoms with E-state index in [1.165, 1.54) is 0 Å². The second-order valence-electron chi connectivity index (χ2n) is 6.22. The lowest BCUT2D eigenvalue weighted by molar-refractivity contribution is -0.138. The number of aryl methyl sites for hydroxylation is 1. The number of anilines is 1. The normalized spacial score (nSPS) is 15.9. The molecule has 0 amide bonds. The first-order valence-electron chi connectivity index (χ1n) is 8.11. The van der Waals surface area contributed by atoms with Crippen LogP contribution in [0.1, 0.15) is 29.7 Å². The summed E-state index contributed by atoms with van der Waals surface area (Å²) in [5.41, 5.74) is 9.72. The van der Waals surface area contributed by atoms with Crippen molar-refractivity contribution in [3.63, 3.8) is 0 Å². The number of carboxylic acid groups (broad SMARTS) is 1. The molecule has 3 N–H and O–H groups in total. The first kappa shape index (κ1) is 16.8. The lowest BCUT2D eigenvalue weighted by atomic mass is 9.80. The quantitative estimate of drug-likeness (QED) is 0.888. The summed E-state index contributed by atoms with van der Waals surface area (Å²) >= 11 is 0. The number of pyridine rings is 1. The molecule has 3 rings (SSSR count). The molecule has 0 bridgehead atoms. The number of hydrogen-bond donors (Lipinski definition) is 2. The Hall–Kier alpha value is -3.07. The third kappa shape index (κ3) is 3.26. The minimum atomic E-state index is -0.805. The SMILES string of the molecule is COc1cccc(-c2c(C#N)c(N)nc3c2CC(CC(=O)O)CC3)c1. The summed E-state index contributed by atoms with van der Waals surface area (Å²) in [7, 11) is 1.59. The molecule has 1 aliphatic rings. The summed E-state index contributed by atoms with van der Waals surface area (Å²) in [4.78, 5) is 15.5. The van der Waals surface area contributed by atoms with Gasteiger partial charge in [0, 0.05) is 17.7 Å². The number of carbonyl (C=O) groups is 1. The van der Waals surface area contributed by atoms with Gasteiger partial charge in [0.05, 0.1) is 7.11 Å². The van der Waals surface area contributed by atoms with Gasteiger partial charge in [-0.2, -0.15) is 5.26 Å².